The number of carbonyl (C=O) groups excluding carboxylic acids is 1. The standard InChI is InChI=1S/C16H20N4O2S/c1-11-17-16(18-22-11)13-3-2-6-20(13)15(21)10-19-7-4-14-12(9-19)5-8-23-14/h5,8,13H,2-4,6-7,9-10H2,1H3/t13-/m1/s1. The first-order valence-corrected chi connectivity index (χ1v) is 8.96. The molecule has 2 aliphatic rings. The minimum absolute atomic E-state index is 0.0264. The van der Waals surface area contributed by atoms with Gasteiger partial charge >= 0.3 is 0 Å². The van der Waals surface area contributed by atoms with Gasteiger partial charge in [0, 0.05) is 31.4 Å². The lowest BCUT2D eigenvalue weighted by atomic mass is 10.1. The molecule has 7 heteroatoms. The summed E-state index contributed by atoms with van der Waals surface area (Å²) in [5.74, 6) is 1.38. The zero-order valence-electron chi connectivity index (χ0n) is 13.2. The molecule has 122 valence electrons. The third-order valence-corrected chi connectivity index (χ3v) is 5.68. The maximum atomic E-state index is 12.8. The summed E-state index contributed by atoms with van der Waals surface area (Å²) < 4.78 is 5.08. The number of amides is 1. The molecule has 6 nitrogen and oxygen atoms in total. The number of hydrogen-bond acceptors (Lipinski definition) is 6. The fourth-order valence-corrected chi connectivity index (χ4v) is 4.40. The van der Waals surface area contributed by atoms with Crippen LogP contribution in [0.25, 0.3) is 0 Å². The highest BCUT2D eigenvalue weighted by atomic mass is 32.1. The normalized spacial score (nSPS) is 21.6. The van der Waals surface area contributed by atoms with E-state index in [1.165, 1.54) is 10.4 Å². The maximum absolute atomic E-state index is 12.8. The molecule has 0 saturated carbocycles. The molecule has 1 fully saturated rings. The fourth-order valence-electron chi connectivity index (χ4n) is 3.51. The van der Waals surface area contributed by atoms with E-state index in [1.54, 1.807) is 6.92 Å². The maximum Gasteiger partial charge on any atom is 0.237 e. The molecule has 1 amide bonds. The van der Waals surface area contributed by atoms with Crippen LogP contribution in [0.4, 0.5) is 0 Å². The van der Waals surface area contributed by atoms with Gasteiger partial charge in [0.2, 0.25) is 11.8 Å². The quantitative estimate of drug-likeness (QED) is 0.862. The summed E-state index contributed by atoms with van der Waals surface area (Å²) in [6.45, 7) is 4.88. The van der Waals surface area contributed by atoms with Gasteiger partial charge in [0.25, 0.3) is 0 Å². The number of nitrogens with zero attached hydrogens (tertiary/aromatic N) is 4. The minimum Gasteiger partial charge on any atom is -0.340 e. The molecule has 0 bridgehead atoms. The van der Waals surface area contributed by atoms with Crippen molar-refractivity contribution in [2.24, 2.45) is 0 Å². The first-order chi connectivity index (χ1) is 11.2. The van der Waals surface area contributed by atoms with Crippen LogP contribution in [0.15, 0.2) is 16.0 Å². The van der Waals surface area contributed by atoms with Crippen LogP contribution in [-0.2, 0) is 17.8 Å². The van der Waals surface area contributed by atoms with Crippen LogP contribution < -0.4 is 0 Å². The third-order valence-electron chi connectivity index (χ3n) is 4.66. The van der Waals surface area contributed by atoms with E-state index in [2.05, 4.69) is 26.5 Å². The Bertz CT molecular complexity index is 711. The van der Waals surface area contributed by atoms with E-state index < -0.39 is 0 Å². The molecule has 2 aliphatic heterocycles. The molecular weight excluding hydrogens is 312 g/mol. The van der Waals surface area contributed by atoms with Crippen molar-refractivity contribution >= 4 is 17.2 Å². The second-order valence-corrected chi connectivity index (χ2v) is 7.25. The summed E-state index contributed by atoms with van der Waals surface area (Å²) in [4.78, 5) is 22.7. The average molecular weight is 332 g/mol. The molecule has 4 heterocycles. The topological polar surface area (TPSA) is 62.5 Å². The van der Waals surface area contributed by atoms with E-state index in [0.717, 1.165) is 38.9 Å². The van der Waals surface area contributed by atoms with Crippen LogP contribution in [0.5, 0.6) is 0 Å². The van der Waals surface area contributed by atoms with Crippen LogP contribution in [0.3, 0.4) is 0 Å². The number of fused-ring (bicyclic) bond motifs is 1. The zero-order chi connectivity index (χ0) is 15.8. The Morgan fingerprint density at radius 3 is 3.22 bits per heavy atom. The van der Waals surface area contributed by atoms with Gasteiger partial charge in [0.15, 0.2) is 5.82 Å². The van der Waals surface area contributed by atoms with Gasteiger partial charge in [-0.3, -0.25) is 9.69 Å². The summed E-state index contributed by atoms with van der Waals surface area (Å²) >= 11 is 1.82. The molecular formula is C16H20N4O2S. The highest BCUT2D eigenvalue weighted by Gasteiger charge is 2.34. The van der Waals surface area contributed by atoms with Crippen LogP contribution in [-0.4, -0.2) is 45.5 Å². The number of aromatic nitrogens is 2. The van der Waals surface area contributed by atoms with Crippen molar-refractivity contribution in [1.82, 2.24) is 19.9 Å². The number of hydrogen-bond donors (Lipinski definition) is 0. The average Bonchev–Trinajstić information content (AvgIpc) is 3.26. The second-order valence-electron chi connectivity index (χ2n) is 6.25. The van der Waals surface area contributed by atoms with Gasteiger partial charge in [-0.15, -0.1) is 11.3 Å². The molecule has 0 aromatic carbocycles. The van der Waals surface area contributed by atoms with Crippen molar-refractivity contribution in [3.8, 4) is 0 Å². The van der Waals surface area contributed by atoms with Crippen molar-refractivity contribution in [2.75, 3.05) is 19.6 Å². The van der Waals surface area contributed by atoms with E-state index in [-0.39, 0.29) is 11.9 Å². The zero-order valence-corrected chi connectivity index (χ0v) is 14.0. The number of rotatable bonds is 3. The lowest BCUT2D eigenvalue weighted by molar-refractivity contribution is -0.133. The van der Waals surface area contributed by atoms with Crippen molar-refractivity contribution < 1.29 is 9.32 Å². The van der Waals surface area contributed by atoms with Gasteiger partial charge < -0.3 is 9.42 Å². The number of aryl methyl sites for hydroxylation is 1. The van der Waals surface area contributed by atoms with Gasteiger partial charge in [0.05, 0.1) is 12.6 Å². The Kier molecular flexibility index (Phi) is 3.90. The second kappa shape index (κ2) is 6.05. The van der Waals surface area contributed by atoms with Gasteiger partial charge in [-0.25, -0.2) is 0 Å². The highest BCUT2D eigenvalue weighted by Crippen LogP contribution is 2.31. The van der Waals surface area contributed by atoms with Crippen molar-refractivity contribution in [2.45, 2.75) is 38.8 Å². The molecule has 0 radical (unpaired) electrons. The molecule has 1 saturated heterocycles. The van der Waals surface area contributed by atoms with E-state index in [9.17, 15) is 4.79 Å². The lowest BCUT2D eigenvalue weighted by Crippen LogP contribution is -2.41. The molecule has 0 N–H and O–H groups in total. The van der Waals surface area contributed by atoms with Crippen LogP contribution >= 0.6 is 11.3 Å². The Morgan fingerprint density at radius 2 is 2.39 bits per heavy atom. The van der Waals surface area contributed by atoms with E-state index in [0.29, 0.717) is 18.3 Å². The van der Waals surface area contributed by atoms with Gasteiger partial charge in [-0.05, 0) is 36.3 Å². The van der Waals surface area contributed by atoms with Crippen molar-refractivity contribution in [3.63, 3.8) is 0 Å². The first kappa shape index (κ1) is 14.8. The van der Waals surface area contributed by atoms with Gasteiger partial charge in [0.1, 0.15) is 0 Å². The van der Waals surface area contributed by atoms with Crippen LogP contribution in [0.1, 0.15) is 41.0 Å². The largest absolute Gasteiger partial charge is 0.340 e. The smallest absolute Gasteiger partial charge is 0.237 e. The summed E-state index contributed by atoms with van der Waals surface area (Å²) in [6.07, 6.45) is 2.96. The van der Waals surface area contributed by atoms with E-state index in [1.807, 2.05) is 16.2 Å². The molecule has 0 aliphatic carbocycles. The fraction of sp³-hybridized carbons (Fsp3) is 0.562. The predicted octanol–water partition coefficient (Wildman–Crippen LogP) is 2.16. The molecule has 1 atom stereocenters. The molecule has 23 heavy (non-hydrogen) atoms. The molecule has 0 unspecified atom stereocenters. The number of carbonyl (C=O) groups is 1. The summed E-state index contributed by atoms with van der Waals surface area (Å²) in [5, 5.41) is 6.15. The van der Waals surface area contributed by atoms with E-state index in [4.69, 9.17) is 4.52 Å². The summed E-state index contributed by atoms with van der Waals surface area (Å²) in [5.41, 5.74) is 1.38. The van der Waals surface area contributed by atoms with Gasteiger partial charge in [-0.1, -0.05) is 5.16 Å². The Labute approximate surface area is 139 Å². The SMILES string of the molecule is Cc1nc([C@H]2CCCN2C(=O)CN2CCc3sccc3C2)no1. The van der Waals surface area contributed by atoms with E-state index >= 15 is 0 Å². The monoisotopic (exact) mass is 332 g/mol. The molecule has 0 spiro atoms. The summed E-state index contributed by atoms with van der Waals surface area (Å²) in [6, 6.07) is 2.15. The predicted molar refractivity (Wildman–Crippen MR) is 86.0 cm³/mol. The molecule has 4 rings (SSSR count). The third kappa shape index (κ3) is 2.90. The van der Waals surface area contributed by atoms with Crippen LogP contribution in [0, 0.1) is 6.92 Å². The Balaban J connectivity index is 1.42. The van der Waals surface area contributed by atoms with Gasteiger partial charge in [-0.2, -0.15) is 4.98 Å². The minimum atomic E-state index is -0.0264. The Morgan fingerprint density at radius 1 is 1.48 bits per heavy atom. The van der Waals surface area contributed by atoms with Crippen LogP contribution in [0.2, 0.25) is 0 Å². The summed E-state index contributed by atoms with van der Waals surface area (Å²) in [7, 11) is 0. The molecule has 2 aromatic rings. The number of thiophene rings is 1. The van der Waals surface area contributed by atoms with Crippen molar-refractivity contribution in [3.05, 3.63) is 33.6 Å². The van der Waals surface area contributed by atoms with Crippen molar-refractivity contribution in [1.29, 1.82) is 0 Å². The Hall–Kier alpha value is -1.73. The number of likely N-dealkylation sites (tertiary alicyclic amines) is 1. The highest BCUT2D eigenvalue weighted by molar-refractivity contribution is 7.10. The molecule has 2 aromatic heterocycles. The lowest BCUT2D eigenvalue weighted by Gasteiger charge is -2.29. The first-order valence-electron chi connectivity index (χ1n) is 8.08.